The normalized spacial score (nSPS) is 20.1. The summed E-state index contributed by atoms with van der Waals surface area (Å²) in [5.74, 6) is 1.78. The van der Waals surface area contributed by atoms with Crippen LogP contribution in [-0.2, 0) is 0 Å². The van der Waals surface area contributed by atoms with Crippen LogP contribution in [0.25, 0.3) is 11.1 Å². The SMILES string of the molecule is Cc1cccc(-c2c(N)noc2C2C(C)(C)C2(C)C)c1. The lowest BCUT2D eigenvalue weighted by Gasteiger charge is -2.05. The van der Waals surface area contributed by atoms with Crippen molar-refractivity contribution in [2.45, 2.75) is 40.5 Å². The van der Waals surface area contributed by atoms with Gasteiger partial charge in [-0.2, -0.15) is 0 Å². The molecule has 1 aromatic carbocycles. The first-order valence-corrected chi connectivity index (χ1v) is 7.09. The third kappa shape index (κ3) is 1.62. The van der Waals surface area contributed by atoms with Crippen LogP contribution in [0.3, 0.4) is 0 Å². The van der Waals surface area contributed by atoms with Crippen molar-refractivity contribution in [3.8, 4) is 11.1 Å². The Labute approximate surface area is 120 Å². The van der Waals surface area contributed by atoms with Gasteiger partial charge in [0.25, 0.3) is 0 Å². The molecule has 2 N–H and O–H groups in total. The van der Waals surface area contributed by atoms with Gasteiger partial charge in [-0.05, 0) is 23.3 Å². The van der Waals surface area contributed by atoms with Crippen LogP contribution in [0.15, 0.2) is 28.8 Å². The van der Waals surface area contributed by atoms with E-state index >= 15 is 0 Å². The van der Waals surface area contributed by atoms with Crippen molar-refractivity contribution in [2.24, 2.45) is 10.8 Å². The minimum absolute atomic E-state index is 0.206. The lowest BCUT2D eigenvalue weighted by Crippen LogP contribution is -1.95. The van der Waals surface area contributed by atoms with Crippen LogP contribution in [-0.4, -0.2) is 5.16 Å². The Morgan fingerprint density at radius 2 is 1.80 bits per heavy atom. The molecule has 3 rings (SSSR count). The minimum atomic E-state index is 0.206. The molecule has 0 aliphatic heterocycles. The second-order valence-electron chi connectivity index (χ2n) is 7.05. The molecule has 20 heavy (non-hydrogen) atoms. The molecule has 1 heterocycles. The summed E-state index contributed by atoms with van der Waals surface area (Å²) in [5, 5.41) is 4.02. The smallest absolute Gasteiger partial charge is 0.175 e. The molecule has 3 nitrogen and oxygen atoms in total. The van der Waals surface area contributed by atoms with Gasteiger partial charge in [-0.25, -0.2) is 0 Å². The van der Waals surface area contributed by atoms with E-state index in [-0.39, 0.29) is 10.8 Å². The molecular weight excluding hydrogens is 248 g/mol. The maximum Gasteiger partial charge on any atom is 0.175 e. The first-order chi connectivity index (χ1) is 9.26. The number of rotatable bonds is 2. The number of nitrogen functional groups attached to an aromatic ring is 1. The minimum Gasteiger partial charge on any atom is -0.380 e. The average Bonchev–Trinajstić information content (AvgIpc) is 2.64. The van der Waals surface area contributed by atoms with E-state index in [0.29, 0.717) is 11.7 Å². The summed E-state index contributed by atoms with van der Waals surface area (Å²) in [6.45, 7) is 11.2. The van der Waals surface area contributed by atoms with Crippen molar-refractivity contribution < 1.29 is 4.52 Å². The van der Waals surface area contributed by atoms with Crippen LogP contribution in [0.1, 0.15) is 44.9 Å². The first-order valence-electron chi connectivity index (χ1n) is 7.09. The molecule has 1 saturated carbocycles. The van der Waals surface area contributed by atoms with Gasteiger partial charge >= 0.3 is 0 Å². The van der Waals surface area contributed by atoms with Crippen molar-refractivity contribution in [3.63, 3.8) is 0 Å². The largest absolute Gasteiger partial charge is 0.380 e. The molecule has 1 aliphatic carbocycles. The maximum atomic E-state index is 6.06. The summed E-state index contributed by atoms with van der Waals surface area (Å²) in [7, 11) is 0. The van der Waals surface area contributed by atoms with Gasteiger partial charge in [0.1, 0.15) is 0 Å². The third-order valence-corrected chi connectivity index (χ3v) is 5.33. The fourth-order valence-corrected chi connectivity index (χ4v) is 3.46. The van der Waals surface area contributed by atoms with E-state index in [2.05, 4.69) is 58.0 Å². The molecule has 2 aromatic rings. The standard InChI is InChI=1S/C17H22N2O/c1-10-7-6-8-11(9-10)12-13(20-19-15(12)18)14-16(2,3)17(14,4)5/h6-9,14H,1-5H3,(H2,18,19). The molecule has 0 atom stereocenters. The highest BCUT2D eigenvalue weighted by Gasteiger charge is 2.67. The maximum absolute atomic E-state index is 6.06. The lowest BCUT2D eigenvalue weighted by molar-refractivity contribution is 0.374. The molecule has 0 unspecified atom stereocenters. The van der Waals surface area contributed by atoms with Crippen LogP contribution < -0.4 is 5.73 Å². The van der Waals surface area contributed by atoms with Gasteiger partial charge in [0.2, 0.25) is 0 Å². The molecule has 0 bridgehead atoms. The highest BCUT2D eigenvalue weighted by Crippen LogP contribution is 2.74. The van der Waals surface area contributed by atoms with Gasteiger partial charge in [-0.15, -0.1) is 0 Å². The van der Waals surface area contributed by atoms with Crippen molar-refractivity contribution >= 4 is 5.82 Å². The summed E-state index contributed by atoms with van der Waals surface area (Å²) < 4.78 is 5.61. The summed E-state index contributed by atoms with van der Waals surface area (Å²) in [6.07, 6.45) is 0. The number of anilines is 1. The Bertz CT molecular complexity index is 653. The predicted octanol–water partition coefficient (Wildman–Crippen LogP) is 4.38. The molecule has 0 saturated heterocycles. The molecule has 1 aromatic heterocycles. The predicted molar refractivity (Wildman–Crippen MR) is 81.4 cm³/mol. The molecule has 0 radical (unpaired) electrons. The lowest BCUT2D eigenvalue weighted by atomic mass is 9.99. The highest BCUT2D eigenvalue weighted by atomic mass is 16.5. The summed E-state index contributed by atoms with van der Waals surface area (Å²) in [4.78, 5) is 0. The van der Waals surface area contributed by atoms with Crippen molar-refractivity contribution in [3.05, 3.63) is 35.6 Å². The fourth-order valence-electron chi connectivity index (χ4n) is 3.46. The number of nitrogens with two attached hydrogens (primary N) is 1. The van der Waals surface area contributed by atoms with Crippen LogP contribution >= 0.6 is 0 Å². The molecule has 1 fully saturated rings. The average molecular weight is 270 g/mol. The Balaban J connectivity index is 2.13. The quantitative estimate of drug-likeness (QED) is 0.881. The molecule has 1 aliphatic rings. The summed E-state index contributed by atoms with van der Waals surface area (Å²) in [6, 6.07) is 8.33. The first kappa shape index (κ1) is 13.2. The van der Waals surface area contributed by atoms with Crippen molar-refractivity contribution in [2.75, 3.05) is 5.73 Å². The number of hydrogen-bond donors (Lipinski definition) is 1. The van der Waals surface area contributed by atoms with E-state index in [0.717, 1.165) is 16.9 Å². The topological polar surface area (TPSA) is 52.0 Å². The Morgan fingerprint density at radius 1 is 1.15 bits per heavy atom. The Morgan fingerprint density at radius 3 is 2.35 bits per heavy atom. The van der Waals surface area contributed by atoms with E-state index in [9.17, 15) is 0 Å². The molecule has 106 valence electrons. The molecule has 0 spiro atoms. The number of benzene rings is 1. The van der Waals surface area contributed by atoms with Gasteiger partial charge in [0.05, 0.1) is 5.56 Å². The van der Waals surface area contributed by atoms with Crippen molar-refractivity contribution in [1.82, 2.24) is 5.16 Å². The zero-order chi connectivity index (χ0) is 14.7. The molecular formula is C17H22N2O. The van der Waals surface area contributed by atoms with E-state index in [4.69, 9.17) is 10.3 Å². The summed E-state index contributed by atoms with van der Waals surface area (Å²) in [5.41, 5.74) is 9.75. The second kappa shape index (κ2) is 3.87. The second-order valence-corrected chi connectivity index (χ2v) is 7.05. The molecule has 0 amide bonds. The van der Waals surface area contributed by atoms with Crippen LogP contribution in [0.4, 0.5) is 5.82 Å². The van der Waals surface area contributed by atoms with E-state index in [1.807, 2.05) is 6.07 Å². The van der Waals surface area contributed by atoms with E-state index in [1.165, 1.54) is 5.56 Å². The zero-order valence-corrected chi connectivity index (χ0v) is 12.8. The van der Waals surface area contributed by atoms with Gasteiger partial charge in [-0.3, -0.25) is 0 Å². The number of aryl methyl sites for hydroxylation is 1. The van der Waals surface area contributed by atoms with Gasteiger partial charge in [-0.1, -0.05) is 62.7 Å². The summed E-state index contributed by atoms with van der Waals surface area (Å²) >= 11 is 0. The van der Waals surface area contributed by atoms with E-state index < -0.39 is 0 Å². The van der Waals surface area contributed by atoms with Crippen LogP contribution in [0.5, 0.6) is 0 Å². The number of nitrogens with zero attached hydrogens (tertiary/aromatic N) is 1. The number of hydrogen-bond acceptors (Lipinski definition) is 3. The Hall–Kier alpha value is -1.77. The molecule has 3 heteroatoms. The van der Waals surface area contributed by atoms with Crippen molar-refractivity contribution in [1.29, 1.82) is 0 Å². The monoisotopic (exact) mass is 270 g/mol. The van der Waals surface area contributed by atoms with E-state index in [1.54, 1.807) is 0 Å². The number of aromatic nitrogens is 1. The van der Waals surface area contributed by atoms with Crippen LogP contribution in [0, 0.1) is 17.8 Å². The van der Waals surface area contributed by atoms with Crippen LogP contribution in [0.2, 0.25) is 0 Å². The highest BCUT2D eigenvalue weighted by molar-refractivity contribution is 5.77. The zero-order valence-electron chi connectivity index (χ0n) is 12.8. The third-order valence-electron chi connectivity index (χ3n) is 5.33. The Kier molecular flexibility index (Phi) is 2.56. The van der Waals surface area contributed by atoms with Gasteiger partial charge < -0.3 is 10.3 Å². The van der Waals surface area contributed by atoms with Gasteiger partial charge in [0, 0.05) is 5.92 Å². The fraction of sp³-hybridized carbons (Fsp3) is 0.471. The van der Waals surface area contributed by atoms with Gasteiger partial charge in [0.15, 0.2) is 11.6 Å².